The van der Waals surface area contributed by atoms with Crippen molar-refractivity contribution in [2.45, 2.75) is 37.6 Å². The van der Waals surface area contributed by atoms with E-state index in [2.05, 4.69) is 10.6 Å². The Kier molecular flexibility index (Phi) is 4.59. The molecule has 1 aromatic rings. The topological polar surface area (TPSA) is 58.2 Å². The van der Waals surface area contributed by atoms with Gasteiger partial charge in [0.25, 0.3) is 0 Å². The summed E-state index contributed by atoms with van der Waals surface area (Å²) in [6.45, 7) is 0.695. The number of carbonyl (C=O) groups excluding carboxylic acids is 2. The van der Waals surface area contributed by atoms with Crippen molar-refractivity contribution in [1.82, 2.24) is 10.6 Å². The summed E-state index contributed by atoms with van der Waals surface area (Å²) in [5, 5.41) is 6.74. The molecule has 3 rings (SSSR count). The lowest BCUT2D eigenvalue weighted by Crippen LogP contribution is -2.46. The van der Waals surface area contributed by atoms with Gasteiger partial charge < -0.3 is 10.6 Å². The highest BCUT2D eigenvalue weighted by Crippen LogP contribution is 2.48. The summed E-state index contributed by atoms with van der Waals surface area (Å²) < 4.78 is 0. The number of amides is 2. The second kappa shape index (κ2) is 6.47. The molecule has 0 spiro atoms. The van der Waals surface area contributed by atoms with Crippen LogP contribution in [0.25, 0.3) is 0 Å². The molecule has 2 fully saturated rings. The van der Waals surface area contributed by atoms with Crippen LogP contribution in [0.5, 0.6) is 0 Å². The Labute approximate surface area is 139 Å². The van der Waals surface area contributed by atoms with E-state index in [1.165, 1.54) is 0 Å². The van der Waals surface area contributed by atoms with Crippen LogP contribution in [0.3, 0.4) is 0 Å². The summed E-state index contributed by atoms with van der Waals surface area (Å²) in [6, 6.07) is 5.08. The minimum atomic E-state index is -0.398. The molecule has 3 atom stereocenters. The third-order valence-electron chi connectivity index (χ3n) is 4.35. The normalized spacial score (nSPS) is 27.7. The van der Waals surface area contributed by atoms with E-state index in [-0.39, 0.29) is 23.7 Å². The number of halogens is 2. The van der Waals surface area contributed by atoms with Gasteiger partial charge in [-0.25, -0.2) is 0 Å². The van der Waals surface area contributed by atoms with Crippen molar-refractivity contribution in [3.05, 3.63) is 33.8 Å². The van der Waals surface area contributed by atoms with Gasteiger partial charge in [0.15, 0.2) is 0 Å². The predicted octanol–water partition coefficient (Wildman–Crippen LogP) is 2.88. The molecule has 1 heterocycles. The summed E-state index contributed by atoms with van der Waals surface area (Å²) in [7, 11) is 0. The number of rotatable bonds is 3. The number of hydrogen-bond donors (Lipinski definition) is 2. The van der Waals surface area contributed by atoms with Crippen molar-refractivity contribution < 1.29 is 9.59 Å². The second-order valence-corrected chi connectivity index (χ2v) is 6.78. The molecular weight excluding hydrogens is 323 g/mol. The summed E-state index contributed by atoms with van der Waals surface area (Å²) in [6.07, 6.45) is 3.41. The average molecular weight is 341 g/mol. The highest BCUT2D eigenvalue weighted by molar-refractivity contribution is 6.42. The molecule has 1 saturated carbocycles. The third-order valence-corrected chi connectivity index (χ3v) is 5.09. The first-order valence-electron chi connectivity index (χ1n) is 7.59. The van der Waals surface area contributed by atoms with E-state index >= 15 is 0 Å². The molecule has 0 aromatic heterocycles. The predicted molar refractivity (Wildman–Crippen MR) is 86.1 cm³/mol. The number of hydrogen-bond acceptors (Lipinski definition) is 2. The third kappa shape index (κ3) is 3.39. The smallest absolute Gasteiger partial charge is 0.242 e. The van der Waals surface area contributed by atoms with Crippen LogP contribution < -0.4 is 10.6 Å². The Balaban J connectivity index is 1.60. The van der Waals surface area contributed by atoms with E-state index in [1.807, 2.05) is 12.1 Å². The Bertz CT molecular complexity index is 606. The molecule has 118 valence electrons. The van der Waals surface area contributed by atoms with E-state index in [0.717, 1.165) is 24.8 Å². The standard InChI is InChI=1S/C16H18Cl2N2O2/c17-12-5-4-9(7-13(12)18)10-8-11(10)15(21)20-14-3-1-2-6-19-16(14)22/h4-5,7,10-11,14H,1-3,6,8H2,(H,19,22)(H,20,21)/t10-,11+,14+/m1/s1. The highest BCUT2D eigenvalue weighted by Gasteiger charge is 2.45. The molecule has 2 amide bonds. The van der Waals surface area contributed by atoms with Gasteiger partial charge in [-0.3, -0.25) is 9.59 Å². The molecule has 1 aliphatic heterocycles. The maximum Gasteiger partial charge on any atom is 0.242 e. The highest BCUT2D eigenvalue weighted by atomic mass is 35.5. The van der Waals surface area contributed by atoms with Crippen LogP contribution in [0.15, 0.2) is 18.2 Å². The maximum absolute atomic E-state index is 12.3. The molecule has 0 unspecified atom stereocenters. The zero-order chi connectivity index (χ0) is 15.7. The molecule has 1 aliphatic carbocycles. The summed E-state index contributed by atoms with van der Waals surface area (Å²) in [5.74, 6) is -0.0207. The van der Waals surface area contributed by atoms with E-state index < -0.39 is 6.04 Å². The van der Waals surface area contributed by atoms with E-state index in [4.69, 9.17) is 23.2 Å². The molecule has 1 aromatic carbocycles. The molecule has 0 radical (unpaired) electrons. The van der Waals surface area contributed by atoms with Crippen LogP contribution in [0.1, 0.15) is 37.2 Å². The van der Waals surface area contributed by atoms with Crippen molar-refractivity contribution in [1.29, 1.82) is 0 Å². The van der Waals surface area contributed by atoms with Gasteiger partial charge in [-0.1, -0.05) is 29.3 Å². The lowest BCUT2D eigenvalue weighted by atomic mass is 10.1. The van der Waals surface area contributed by atoms with Crippen molar-refractivity contribution in [2.75, 3.05) is 6.54 Å². The Morgan fingerprint density at radius 3 is 2.82 bits per heavy atom. The molecule has 0 bridgehead atoms. The lowest BCUT2D eigenvalue weighted by molar-refractivity contribution is -0.129. The summed E-state index contributed by atoms with van der Waals surface area (Å²) in [4.78, 5) is 24.2. The lowest BCUT2D eigenvalue weighted by Gasteiger charge is -2.15. The Morgan fingerprint density at radius 2 is 2.05 bits per heavy atom. The summed E-state index contributed by atoms with van der Waals surface area (Å²) in [5.41, 5.74) is 1.03. The minimum Gasteiger partial charge on any atom is -0.354 e. The van der Waals surface area contributed by atoms with Gasteiger partial charge in [0.2, 0.25) is 11.8 Å². The monoisotopic (exact) mass is 340 g/mol. The van der Waals surface area contributed by atoms with Crippen LogP contribution in [-0.4, -0.2) is 24.4 Å². The fourth-order valence-corrected chi connectivity index (χ4v) is 3.26. The van der Waals surface area contributed by atoms with Gasteiger partial charge in [-0.15, -0.1) is 0 Å². The van der Waals surface area contributed by atoms with Crippen molar-refractivity contribution >= 4 is 35.0 Å². The van der Waals surface area contributed by atoms with E-state index in [9.17, 15) is 9.59 Å². The number of nitrogens with one attached hydrogen (secondary N) is 2. The average Bonchev–Trinajstić information content (AvgIpc) is 3.29. The van der Waals surface area contributed by atoms with Gasteiger partial charge in [0.05, 0.1) is 10.0 Å². The number of benzene rings is 1. The first-order valence-corrected chi connectivity index (χ1v) is 8.35. The van der Waals surface area contributed by atoms with Crippen molar-refractivity contribution in [2.24, 2.45) is 5.92 Å². The fraction of sp³-hybridized carbons (Fsp3) is 0.500. The Morgan fingerprint density at radius 1 is 1.23 bits per heavy atom. The van der Waals surface area contributed by atoms with Crippen LogP contribution in [0.4, 0.5) is 0 Å². The number of carbonyl (C=O) groups is 2. The first-order chi connectivity index (χ1) is 10.6. The van der Waals surface area contributed by atoms with Crippen molar-refractivity contribution in [3.8, 4) is 0 Å². The van der Waals surface area contributed by atoms with Crippen molar-refractivity contribution in [3.63, 3.8) is 0 Å². The van der Waals surface area contributed by atoms with Gasteiger partial charge in [-0.05, 0) is 49.3 Å². The maximum atomic E-state index is 12.3. The van der Waals surface area contributed by atoms with Crippen LogP contribution >= 0.6 is 23.2 Å². The molecule has 2 aliphatic rings. The molecule has 4 nitrogen and oxygen atoms in total. The SMILES string of the molecule is O=C1NCCCC[C@@H]1NC(=O)[C@H]1C[C@@H]1c1ccc(Cl)c(Cl)c1. The molecular formula is C16H18Cl2N2O2. The zero-order valence-electron chi connectivity index (χ0n) is 12.1. The molecule has 22 heavy (non-hydrogen) atoms. The fourth-order valence-electron chi connectivity index (χ4n) is 2.95. The van der Waals surface area contributed by atoms with Gasteiger partial charge >= 0.3 is 0 Å². The van der Waals surface area contributed by atoms with Gasteiger partial charge in [0.1, 0.15) is 6.04 Å². The van der Waals surface area contributed by atoms with E-state index in [1.54, 1.807) is 6.07 Å². The van der Waals surface area contributed by atoms with Gasteiger partial charge in [0, 0.05) is 12.5 Å². The molecule has 2 N–H and O–H groups in total. The van der Waals surface area contributed by atoms with Crippen LogP contribution in [0, 0.1) is 5.92 Å². The van der Waals surface area contributed by atoms with Crippen LogP contribution in [-0.2, 0) is 9.59 Å². The van der Waals surface area contributed by atoms with E-state index in [0.29, 0.717) is 23.0 Å². The second-order valence-electron chi connectivity index (χ2n) is 5.97. The minimum absolute atomic E-state index is 0.0434. The Hall–Kier alpha value is -1.26. The van der Waals surface area contributed by atoms with Crippen LogP contribution in [0.2, 0.25) is 10.0 Å². The summed E-state index contributed by atoms with van der Waals surface area (Å²) >= 11 is 11.9. The quantitative estimate of drug-likeness (QED) is 0.888. The zero-order valence-corrected chi connectivity index (χ0v) is 13.6. The first kappa shape index (κ1) is 15.6. The molecule has 1 saturated heterocycles. The molecule has 6 heteroatoms. The largest absolute Gasteiger partial charge is 0.354 e. The van der Waals surface area contributed by atoms with Gasteiger partial charge in [-0.2, -0.15) is 0 Å².